The smallest absolute Gasteiger partial charge is 0.293 e. The van der Waals surface area contributed by atoms with Crippen molar-refractivity contribution in [2.45, 2.75) is 67.2 Å². The van der Waals surface area contributed by atoms with Crippen LogP contribution >= 0.6 is 0 Å². The van der Waals surface area contributed by atoms with E-state index >= 15 is 0 Å². The Hall–Kier alpha value is 0.155. The van der Waals surface area contributed by atoms with Gasteiger partial charge in [0.05, 0.1) is 0 Å². The summed E-state index contributed by atoms with van der Waals surface area (Å²) < 4.78 is 0. The van der Waals surface area contributed by atoms with Crippen LogP contribution in [0.4, 0.5) is 0 Å². The summed E-state index contributed by atoms with van der Waals surface area (Å²) in [6, 6.07) is 8.95. The molecule has 0 N–H and O–H groups in total. The molecule has 2 heteroatoms. The van der Waals surface area contributed by atoms with Gasteiger partial charge in [-0.2, -0.15) is 0 Å². The van der Waals surface area contributed by atoms with E-state index in [4.69, 9.17) is 0 Å². The van der Waals surface area contributed by atoms with Crippen LogP contribution < -0.4 is 37.7 Å². The minimum absolute atomic E-state index is 0. The van der Waals surface area contributed by atoms with Gasteiger partial charge in [0, 0.05) is 0 Å². The van der Waals surface area contributed by atoms with Gasteiger partial charge in [0.2, 0.25) is 0 Å². The zero-order valence-electron chi connectivity index (χ0n) is 16.3. The third-order valence-corrected chi connectivity index (χ3v) is 4.55. The van der Waals surface area contributed by atoms with Crippen LogP contribution in [0.2, 0.25) is 0 Å². The normalized spacial score (nSPS) is 12.6. The van der Waals surface area contributed by atoms with Gasteiger partial charge in [-0.25, -0.2) is 24.0 Å². The molecule has 0 nitrogen and oxygen atoms in total. The Morgan fingerprint density at radius 2 is 1.09 bits per heavy atom. The molecule has 2 atom stereocenters. The van der Waals surface area contributed by atoms with Crippen LogP contribution in [-0.4, -0.2) is 0 Å². The molecule has 0 saturated carbocycles. The maximum Gasteiger partial charge on any atom is 1.00 e. The Kier molecular flexibility index (Phi) is 13.9. The van der Waals surface area contributed by atoms with Crippen molar-refractivity contribution >= 4 is 0 Å². The summed E-state index contributed by atoms with van der Waals surface area (Å²) in [7, 11) is 0. The number of hydrogen-bond acceptors (Lipinski definition) is 0. The molecule has 0 aliphatic heterocycles. The first-order valence-electron chi connectivity index (χ1n) is 8.24. The van der Waals surface area contributed by atoms with E-state index in [0.717, 1.165) is 11.8 Å². The monoisotopic (exact) mass is 286 g/mol. The summed E-state index contributed by atoms with van der Waals surface area (Å²) in [5.74, 6) is 4.63. The average molecular weight is 286 g/mol. The van der Waals surface area contributed by atoms with Crippen molar-refractivity contribution in [1.29, 1.82) is 0 Å². The molecule has 0 amide bonds. The van der Waals surface area contributed by atoms with E-state index in [2.05, 4.69) is 65.8 Å². The maximum absolute atomic E-state index is 2.35. The number of hydrogen-bond donors (Lipinski definition) is 0. The average Bonchev–Trinajstić information content (AvgIpc) is 2.46. The van der Waals surface area contributed by atoms with Gasteiger partial charge < -0.3 is 0 Å². The van der Waals surface area contributed by atoms with Crippen LogP contribution in [0.25, 0.3) is 0 Å². The van der Waals surface area contributed by atoms with E-state index in [-0.39, 0.29) is 37.7 Å². The molecule has 1 rings (SSSR count). The molecular formula is C20H32Li2. The fourth-order valence-electron chi connectivity index (χ4n) is 2.78. The molecule has 0 heterocycles. The summed E-state index contributed by atoms with van der Waals surface area (Å²) in [5, 5.41) is 0. The summed E-state index contributed by atoms with van der Waals surface area (Å²) >= 11 is 0. The van der Waals surface area contributed by atoms with E-state index in [0.29, 0.717) is 0 Å². The van der Waals surface area contributed by atoms with Crippen LogP contribution in [0.15, 0.2) is 24.3 Å². The molecular weight excluding hydrogens is 254 g/mol. The van der Waals surface area contributed by atoms with Gasteiger partial charge in [0.15, 0.2) is 0 Å². The van der Waals surface area contributed by atoms with Crippen molar-refractivity contribution in [3.63, 3.8) is 0 Å². The second-order valence-corrected chi connectivity index (χ2v) is 6.54. The summed E-state index contributed by atoms with van der Waals surface area (Å²) in [5.41, 5.74) is 2.93. The minimum atomic E-state index is 0. The Morgan fingerprint density at radius 3 is 1.36 bits per heavy atom. The fraction of sp³-hybridized carbons (Fsp3) is 0.600. The van der Waals surface area contributed by atoms with Gasteiger partial charge in [0.25, 0.3) is 0 Å². The van der Waals surface area contributed by atoms with Crippen molar-refractivity contribution in [3.8, 4) is 0 Å². The molecule has 1 aromatic rings. The van der Waals surface area contributed by atoms with E-state index in [9.17, 15) is 0 Å². The van der Waals surface area contributed by atoms with Crippen LogP contribution in [0.1, 0.15) is 78.4 Å². The van der Waals surface area contributed by atoms with Gasteiger partial charge >= 0.3 is 37.7 Å². The van der Waals surface area contributed by atoms with Crippen molar-refractivity contribution in [2.24, 2.45) is 11.8 Å². The second kappa shape index (κ2) is 12.6. The second-order valence-electron chi connectivity index (χ2n) is 6.54. The fourth-order valence-corrected chi connectivity index (χ4v) is 2.78. The molecule has 0 radical (unpaired) electrons. The molecule has 0 bridgehead atoms. The zero-order chi connectivity index (χ0) is 15.1. The van der Waals surface area contributed by atoms with Crippen LogP contribution in [0.5, 0.6) is 0 Å². The molecule has 0 aromatic heterocycles. The summed E-state index contributed by atoms with van der Waals surface area (Å²) in [6.45, 7) is 13.9. The quantitative estimate of drug-likeness (QED) is 0.481. The van der Waals surface area contributed by atoms with E-state index < -0.39 is 0 Å². The molecule has 114 valence electrons. The first-order valence-corrected chi connectivity index (χ1v) is 8.24. The van der Waals surface area contributed by atoms with Gasteiger partial charge in [-0.15, -0.1) is 12.1 Å². The summed E-state index contributed by atoms with van der Waals surface area (Å²) in [6.07, 6.45) is 4.94. The Labute approximate surface area is 163 Å². The van der Waals surface area contributed by atoms with Gasteiger partial charge in [-0.1, -0.05) is 79.1 Å². The first kappa shape index (κ1) is 24.4. The Bertz CT molecular complexity index is 352. The van der Waals surface area contributed by atoms with Crippen LogP contribution in [0.3, 0.4) is 0 Å². The molecule has 0 aliphatic rings. The SMILES string of the molecule is CCC(C)C[C-](C)c1ccccc1[C-](C)CC(C)CC.[Li+].[Li+]. The van der Waals surface area contributed by atoms with Crippen molar-refractivity contribution < 1.29 is 37.7 Å². The van der Waals surface area contributed by atoms with Crippen LogP contribution in [0, 0.1) is 23.7 Å². The molecule has 0 spiro atoms. The van der Waals surface area contributed by atoms with Crippen molar-refractivity contribution in [1.82, 2.24) is 0 Å². The predicted octanol–water partition coefficient (Wildman–Crippen LogP) is 0.452. The molecule has 0 saturated heterocycles. The Balaban J connectivity index is 0. The number of benzene rings is 1. The van der Waals surface area contributed by atoms with Crippen molar-refractivity contribution in [2.75, 3.05) is 0 Å². The van der Waals surface area contributed by atoms with Gasteiger partial charge in [-0.3, -0.25) is 11.1 Å². The van der Waals surface area contributed by atoms with Crippen molar-refractivity contribution in [3.05, 3.63) is 47.2 Å². The minimum Gasteiger partial charge on any atom is -0.293 e. The zero-order valence-corrected chi connectivity index (χ0v) is 16.3. The topological polar surface area (TPSA) is 0 Å². The largest absolute Gasteiger partial charge is 1.00 e. The van der Waals surface area contributed by atoms with E-state index in [1.165, 1.54) is 36.8 Å². The molecule has 0 aliphatic carbocycles. The summed E-state index contributed by atoms with van der Waals surface area (Å²) in [4.78, 5) is 0. The third-order valence-electron chi connectivity index (χ3n) is 4.55. The molecule has 22 heavy (non-hydrogen) atoms. The number of rotatable bonds is 8. The molecule has 2 unspecified atom stereocenters. The van der Waals surface area contributed by atoms with Gasteiger partial charge in [0.1, 0.15) is 0 Å². The van der Waals surface area contributed by atoms with Crippen LogP contribution in [-0.2, 0) is 0 Å². The van der Waals surface area contributed by atoms with Gasteiger partial charge in [-0.05, 0) is 0 Å². The molecule has 1 aromatic carbocycles. The first-order chi connectivity index (χ1) is 9.49. The molecule has 0 fully saturated rings. The van der Waals surface area contributed by atoms with E-state index in [1.807, 2.05) is 0 Å². The standard InChI is InChI=1S/C20H32.2Li/c1-7-15(3)13-17(5)19-11-9-10-12-20(19)18(6)14-16(4)8-2;;/h9-12,15-16H,7-8,13-14H2,1-6H3;;/q-2;2*+1. The van der Waals surface area contributed by atoms with E-state index in [1.54, 1.807) is 11.8 Å². The maximum atomic E-state index is 2.35. The Morgan fingerprint density at radius 1 is 0.773 bits per heavy atom. The third kappa shape index (κ3) is 7.62. The predicted molar refractivity (Wildman–Crippen MR) is 90.6 cm³/mol.